The zero-order valence-corrected chi connectivity index (χ0v) is 18.7. The predicted octanol–water partition coefficient (Wildman–Crippen LogP) is 5.25. The molecule has 1 fully saturated rings. The van der Waals surface area contributed by atoms with Gasteiger partial charge in [-0.1, -0.05) is 29.5 Å². The van der Waals surface area contributed by atoms with Gasteiger partial charge in [0.2, 0.25) is 5.91 Å². The normalized spacial score (nSPS) is 14.8. The number of ether oxygens (including phenoxy) is 2. The number of fused-ring (bicyclic) bond motifs is 1. The summed E-state index contributed by atoms with van der Waals surface area (Å²) in [4.78, 5) is 20.3. The number of amides is 1. The van der Waals surface area contributed by atoms with E-state index in [1.807, 2.05) is 53.1 Å². The van der Waals surface area contributed by atoms with Crippen molar-refractivity contribution >= 4 is 39.2 Å². The first-order valence-corrected chi connectivity index (χ1v) is 12.1. The van der Waals surface area contributed by atoms with Gasteiger partial charge in [0.1, 0.15) is 11.9 Å². The van der Waals surface area contributed by atoms with E-state index in [1.165, 1.54) is 4.90 Å². The van der Waals surface area contributed by atoms with E-state index in [-0.39, 0.29) is 12.0 Å². The van der Waals surface area contributed by atoms with Gasteiger partial charge in [-0.15, -0.1) is 11.8 Å². The topological polar surface area (TPSA) is 51.7 Å². The number of piperidine rings is 1. The monoisotopic (exact) mass is 442 g/mol. The number of likely N-dealkylation sites (tertiary alicyclic amines) is 1. The van der Waals surface area contributed by atoms with Crippen molar-refractivity contribution in [2.75, 3.05) is 26.0 Å². The van der Waals surface area contributed by atoms with Crippen LogP contribution in [-0.4, -0.2) is 47.8 Å². The van der Waals surface area contributed by atoms with Gasteiger partial charge in [0, 0.05) is 37.2 Å². The highest BCUT2D eigenvalue weighted by atomic mass is 32.2. The Labute approximate surface area is 185 Å². The van der Waals surface area contributed by atoms with Crippen LogP contribution >= 0.6 is 23.1 Å². The van der Waals surface area contributed by atoms with Crippen molar-refractivity contribution in [2.24, 2.45) is 0 Å². The number of aromatic nitrogens is 1. The van der Waals surface area contributed by atoms with Crippen molar-refractivity contribution in [3.63, 3.8) is 0 Å². The van der Waals surface area contributed by atoms with E-state index >= 15 is 0 Å². The molecule has 30 heavy (non-hydrogen) atoms. The smallest absolute Gasteiger partial charge is 0.274 e. The van der Waals surface area contributed by atoms with Gasteiger partial charge in [0.15, 0.2) is 0 Å². The Morgan fingerprint density at radius 1 is 1.20 bits per heavy atom. The molecular weight excluding hydrogens is 416 g/mol. The molecule has 0 aliphatic carbocycles. The first-order chi connectivity index (χ1) is 14.7. The summed E-state index contributed by atoms with van der Waals surface area (Å²) < 4.78 is 12.4. The van der Waals surface area contributed by atoms with E-state index in [0.29, 0.717) is 11.6 Å². The number of hydrogen-bond donors (Lipinski definition) is 0. The highest BCUT2D eigenvalue weighted by Crippen LogP contribution is 2.32. The third-order valence-electron chi connectivity index (χ3n) is 5.19. The quantitative estimate of drug-likeness (QED) is 0.352. The highest BCUT2D eigenvalue weighted by molar-refractivity contribution is 7.99. The molecule has 3 aromatic rings. The van der Waals surface area contributed by atoms with Crippen molar-refractivity contribution in [2.45, 2.75) is 36.7 Å². The summed E-state index contributed by atoms with van der Waals surface area (Å²) >= 11 is 3.35. The van der Waals surface area contributed by atoms with Gasteiger partial charge < -0.3 is 14.4 Å². The van der Waals surface area contributed by atoms with E-state index in [9.17, 15) is 4.79 Å². The molecule has 1 aromatic heterocycles. The van der Waals surface area contributed by atoms with Crippen LogP contribution in [0.5, 0.6) is 10.9 Å². The minimum atomic E-state index is 0.116. The molecule has 0 spiro atoms. The highest BCUT2D eigenvalue weighted by Gasteiger charge is 2.24. The summed E-state index contributed by atoms with van der Waals surface area (Å²) in [6.45, 7) is 1.52. The predicted molar refractivity (Wildman–Crippen MR) is 123 cm³/mol. The average Bonchev–Trinajstić information content (AvgIpc) is 3.19. The van der Waals surface area contributed by atoms with Gasteiger partial charge in [-0.05, 0) is 42.5 Å². The maximum Gasteiger partial charge on any atom is 0.274 e. The SMILES string of the molecule is COc1ccc2nc(OC3CCN(C(=O)CCCSc4ccccc4)CC3)sc2c1. The number of carbonyl (C=O) groups excluding carboxylic acids is 1. The molecule has 7 heteroatoms. The van der Waals surface area contributed by atoms with Crippen LogP contribution in [0.1, 0.15) is 25.7 Å². The van der Waals surface area contributed by atoms with Crippen molar-refractivity contribution < 1.29 is 14.3 Å². The van der Waals surface area contributed by atoms with Crippen LogP contribution in [0, 0.1) is 0 Å². The second kappa shape index (κ2) is 10.2. The van der Waals surface area contributed by atoms with E-state index in [1.54, 1.807) is 18.4 Å². The number of methoxy groups -OCH3 is 1. The van der Waals surface area contributed by atoms with Crippen molar-refractivity contribution in [3.05, 3.63) is 48.5 Å². The maximum absolute atomic E-state index is 12.5. The minimum absolute atomic E-state index is 0.116. The molecule has 0 radical (unpaired) electrons. The van der Waals surface area contributed by atoms with Crippen molar-refractivity contribution in [3.8, 4) is 10.9 Å². The molecule has 4 rings (SSSR count). The van der Waals surface area contributed by atoms with Crippen LogP contribution in [0.25, 0.3) is 10.2 Å². The Bertz CT molecular complexity index is 969. The molecule has 0 N–H and O–H groups in total. The minimum Gasteiger partial charge on any atom is -0.497 e. The average molecular weight is 443 g/mol. The van der Waals surface area contributed by atoms with Crippen LogP contribution < -0.4 is 9.47 Å². The van der Waals surface area contributed by atoms with Crippen LogP contribution in [0.2, 0.25) is 0 Å². The Balaban J connectivity index is 1.19. The number of thiazole rings is 1. The van der Waals surface area contributed by atoms with Gasteiger partial charge >= 0.3 is 0 Å². The maximum atomic E-state index is 12.5. The summed E-state index contributed by atoms with van der Waals surface area (Å²) in [5.41, 5.74) is 0.928. The molecule has 2 heterocycles. The van der Waals surface area contributed by atoms with Crippen LogP contribution in [0.4, 0.5) is 0 Å². The van der Waals surface area contributed by atoms with E-state index in [2.05, 4.69) is 17.1 Å². The summed E-state index contributed by atoms with van der Waals surface area (Å²) in [6.07, 6.45) is 3.34. The molecule has 0 saturated carbocycles. The number of rotatable bonds is 8. The third-order valence-corrected chi connectivity index (χ3v) is 7.19. The van der Waals surface area contributed by atoms with Crippen molar-refractivity contribution in [1.82, 2.24) is 9.88 Å². The lowest BCUT2D eigenvalue weighted by molar-refractivity contribution is -0.133. The summed E-state index contributed by atoms with van der Waals surface area (Å²) in [7, 11) is 1.66. The zero-order valence-electron chi connectivity index (χ0n) is 17.1. The molecule has 1 amide bonds. The summed E-state index contributed by atoms with van der Waals surface area (Å²) in [5.74, 6) is 2.05. The van der Waals surface area contributed by atoms with Crippen molar-refractivity contribution in [1.29, 1.82) is 0 Å². The van der Waals surface area contributed by atoms with Crippen LogP contribution in [0.15, 0.2) is 53.4 Å². The molecule has 0 atom stereocenters. The second-order valence-corrected chi connectivity index (χ2v) is 9.44. The zero-order chi connectivity index (χ0) is 20.8. The third kappa shape index (κ3) is 5.46. The van der Waals surface area contributed by atoms with Gasteiger partial charge in [-0.3, -0.25) is 4.79 Å². The molecule has 1 saturated heterocycles. The number of carbonyl (C=O) groups is 1. The Kier molecular flexibility index (Phi) is 7.12. The van der Waals surface area contributed by atoms with Crippen LogP contribution in [0.3, 0.4) is 0 Å². The lowest BCUT2D eigenvalue weighted by Crippen LogP contribution is -2.41. The first kappa shape index (κ1) is 21.0. The summed E-state index contributed by atoms with van der Waals surface area (Å²) in [5, 5.41) is 0.695. The fourth-order valence-corrected chi connectivity index (χ4v) is 5.30. The molecule has 1 aliphatic heterocycles. The standard InChI is InChI=1S/C23H26N2O3S2/c1-27-18-9-10-20-21(16-18)30-23(24-20)28-17-11-13-25(14-12-17)22(26)8-5-15-29-19-6-3-2-4-7-19/h2-4,6-7,9-10,16-17H,5,8,11-15H2,1H3. The Hall–Kier alpha value is -2.25. The second-order valence-electron chi connectivity index (χ2n) is 7.28. The van der Waals surface area contributed by atoms with Crippen LogP contribution in [-0.2, 0) is 4.79 Å². The Morgan fingerprint density at radius 2 is 2.00 bits per heavy atom. The fourth-order valence-electron chi connectivity index (χ4n) is 3.52. The van der Waals surface area contributed by atoms with E-state index < -0.39 is 0 Å². The molecular formula is C23H26N2O3S2. The van der Waals surface area contributed by atoms with E-state index in [0.717, 1.165) is 54.1 Å². The lowest BCUT2D eigenvalue weighted by Gasteiger charge is -2.31. The summed E-state index contributed by atoms with van der Waals surface area (Å²) in [6, 6.07) is 16.2. The molecule has 158 valence electrons. The number of nitrogens with zero attached hydrogens (tertiary/aromatic N) is 2. The number of thioether (sulfide) groups is 1. The van der Waals surface area contributed by atoms with E-state index in [4.69, 9.17) is 9.47 Å². The first-order valence-electron chi connectivity index (χ1n) is 10.3. The molecule has 0 bridgehead atoms. The number of hydrogen-bond acceptors (Lipinski definition) is 6. The fraction of sp³-hybridized carbons (Fsp3) is 0.391. The van der Waals surface area contributed by atoms with Gasteiger partial charge in [-0.25, -0.2) is 4.98 Å². The van der Waals surface area contributed by atoms with Gasteiger partial charge in [0.05, 0.1) is 17.3 Å². The number of benzene rings is 2. The Morgan fingerprint density at radius 3 is 2.77 bits per heavy atom. The van der Waals surface area contributed by atoms with Gasteiger partial charge in [0.25, 0.3) is 5.19 Å². The molecule has 1 aliphatic rings. The lowest BCUT2D eigenvalue weighted by atomic mass is 10.1. The molecule has 2 aromatic carbocycles. The molecule has 5 nitrogen and oxygen atoms in total. The van der Waals surface area contributed by atoms with Gasteiger partial charge in [-0.2, -0.15) is 0 Å². The molecule has 0 unspecified atom stereocenters. The largest absolute Gasteiger partial charge is 0.497 e.